The van der Waals surface area contributed by atoms with Crippen LogP contribution in [0, 0.1) is 11.6 Å². The highest BCUT2D eigenvalue weighted by Crippen LogP contribution is 2.28. The zero-order chi connectivity index (χ0) is 19.7. The van der Waals surface area contributed by atoms with Crippen LogP contribution in [0.5, 0.6) is 0 Å². The summed E-state index contributed by atoms with van der Waals surface area (Å²) in [6.45, 7) is 5.39. The van der Waals surface area contributed by atoms with E-state index in [-0.39, 0.29) is 25.1 Å². The monoisotopic (exact) mass is 391 g/mol. The summed E-state index contributed by atoms with van der Waals surface area (Å²) in [5.41, 5.74) is 5.70. The van der Waals surface area contributed by atoms with Crippen molar-refractivity contribution in [2.75, 3.05) is 10.6 Å². The van der Waals surface area contributed by atoms with E-state index in [1.165, 1.54) is 16.8 Å². The molecule has 28 heavy (non-hydrogen) atoms. The van der Waals surface area contributed by atoms with Crippen molar-refractivity contribution >= 4 is 34.7 Å². The number of benzene rings is 1. The molecule has 0 bridgehead atoms. The molecule has 1 atom stereocenters. The van der Waals surface area contributed by atoms with Gasteiger partial charge in [0.05, 0.1) is 6.20 Å². The van der Waals surface area contributed by atoms with Gasteiger partial charge in [0.1, 0.15) is 28.9 Å². The van der Waals surface area contributed by atoms with Gasteiger partial charge in [0, 0.05) is 6.04 Å². The molecule has 1 amide bonds. The number of imidazole rings is 1. The normalized spacial score (nSPS) is 11.9. The Labute approximate surface area is 161 Å². The zero-order valence-electron chi connectivity index (χ0n) is 15.0. The Morgan fingerprint density at radius 3 is 2.39 bits per heavy atom. The average molecular weight is 391 g/mol. The number of nitrogens with zero attached hydrogens (tertiary/aromatic N) is 4. The van der Waals surface area contributed by atoms with Gasteiger partial charge in [0.2, 0.25) is 17.8 Å². The van der Waals surface area contributed by atoms with E-state index in [0.29, 0.717) is 17.1 Å². The van der Waals surface area contributed by atoms with Gasteiger partial charge < -0.3 is 16.4 Å². The predicted octanol–water partition coefficient (Wildman–Crippen LogP) is 3.35. The molecule has 0 aliphatic rings. The number of carbonyl (C=O) groups is 1. The van der Waals surface area contributed by atoms with Crippen LogP contribution in [0.15, 0.2) is 24.4 Å². The van der Waals surface area contributed by atoms with Crippen LogP contribution in [0.4, 0.5) is 26.4 Å². The van der Waals surface area contributed by atoms with Crippen LogP contribution < -0.4 is 16.4 Å². The Bertz CT molecular complexity index is 983. The summed E-state index contributed by atoms with van der Waals surface area (Å²) in [6, 6.07) is 2.69. The third-order valence-electron chi connectivity index (χ3n) is 3.85. The van der Waals surface area contributed by atoms with Crippen LogP contribution in [0.1, 0.15) is 34.2 Å². The number of primary amides is 1. The number of amides is 1. The summed E-state index contributed by atoms with van der Waals surface area (Å²) in [4.78, 5) is 24.6. The molecule has 0 radical (unpaired) electrons. The molecular formula is C18H23F2N7O. The van der Waals surface area contributed by atoms with E-state index in [1.54, 1.807) is 6.92 Å². The number of carbonyl (C=O) groups excluding carboxylic acids is 1. The van der Waals surface area contributed by atoms with Crippen molar-refractivity contribution in [3.05, 3.63) is 36.0 Å². The number of halogens is 2. The first kappa shape index (κ1) is 21.0. The van der Waals surface area contributed by atoms with Gasteiger partial charge in [-0.25, -0.2) is 18.7 Å². The highest BCUT2D eigenvalue weighted by Gasteiger charge is 2.23. The van der Waals surface area contributed by atoms with Gasteiger partial charge >= 0.3 is 0 Å². The van der Waals surface area contributed by atoms with Gasteiger partial charge in [-0.3, -0.25) is 9.36 Å². The van der Waals surface area contributed by atoms with Crippen molar-refractivity contribution in [1.82, 2.24) is 19.5 Å². The fourth-order valence-corrected chi connectivity index (χ4v) is 2.53. The molecule has 0 aliphatic carbocycles. The van der Waals surface area contributed by atoms with Crippen LogP contribution in [0.25, 0.3) is 11.2 Å². The summed E-state index contributed by atoms with van der Waals surface area (Å²) in [5, 5.41) is 5.65. The predicted molar refractivity (Wildman–Crippen MR) is 104 cm³/mol. The number of nitrogens with one attached hydrogen (secondary N) is 2. The second kappa shape index (κ2) is 8.15. The highest BCUT2D eigenvalue weighted by atomic mass is 19.1. The van der Waals surface area contributed by atoms with Crippen molar-refractivity contribution in [3.8, 4) is 0 Å². The minimum Gasteiger partial charge on any atom is -0.368 e. The summed E-state index contributed by atoms with van der Waals surface area (Å²) < 4.78 is 29.4. The fourth-order valence-electron chi connectivity index (χ4n) is 2.53. The number of hydrogen-bond donors (Lipinski definition) is 3. The molecule has 3 aromatic rings. The molecule has 0 fully saturated rings. The van der Waals surface area contributed by atoms with Gasteiger partial charge in [0.25, 0.3) is 0 Å². The Balaban J connectivity index is 0.00000280. The Hall–Kier alpha value is -3.30. The molecule has 0 aliphatic heterocycles. The van der Waals surface area contributed by atoms with Gasteiger partial charge in [-0.1, -0.05) is 13.5 Å². The third-order valence-corrected chi connectivity index (χ3v) is 3.85. The zero-order valence-corrected chi connectivity index (χ0v) is 15.0. The lowest BCUT2D eigenvalue weighted by Crippen LogP contribution is -2.25. The van der Waals surface area contributed by atoms with E-state index >= 15 is 0 Å². The maximum Gasteiger partial charge on any atom is 0.240 e. The van der Waals surface area contributed by atoms with Crippen LogP contribution >= 0.6 is 0 Å². The van der Waals surface area contributed by atoms with Crippen LogP contribution in [-0.2, 0) is 4.79 Å². The van der Waals surface area contributed by atoms with E-state index in [1.807, 2.05) is 13.8 Å². The van der Waals surface area contributed by atoms with E-state index in [4.69, 9.17) is 5.73 Å². The van der Waals surface area contributed by atoms with E-state index in [9.17, 15) is 13.6 Å². The minimum atomic E-state index is -0.867. The lowest BCUT2D eigenvalue weighted by Gasteiger charge is -2.15. The van der Waals surface area contributed by atoms with Gasteiger partial charge in [-0.05, 0) is 32.9 Å². The number of nitrogens with two attached hydrogens (primary N) is 1. The summed E-state index contributed by atoms with van der Waals surface area (Å²) in [7, 11) is 0. The first-order chi connectivity index (χ1) is 12.8. The number of hydrogen-bond acceptors (Lipinski definition) is 6. The first-order valence-corrected chi connectivity index (χ1v) is 8.29. The van der Waals surface area contributed by atoms with Crippen LogP contribution in [-0.4, -0.2) is 31.5 Å². The number of para-hydroxylation sites is 1. The van der Waals surface area contributed by atoms with Crippen LogP contribution in [0.2, 0.25) is 0 Å². The second-order valence-electron chi connectivity index (χ2n) is 6.31. The third kappa shape index (κ3) is 4.00. The SMILES string of the molecule is C.CC(C)Nc1ncc2nc(Nc3c(F)cccc3F)n([C@@H](C)C(N)=O)c2n1. The Morgan fingerprint density at radius 2 is 1.82 bits per heavy atom. The van der Waals surface area contributed by atoms with Crippen molar-refractivity contribution in [1.29, 1.82) is 0 Å². The van der Waals surface area contributed by atoms with Crippen molar-refractivity contribution in [3.63, 3.8) is 0 Å². The topological polar surface area (TPSA) is 111 Å². The van der Waals surface area contributed by atoms with E-state index in [2.05, 4.69) is 25.6 Å². The number of aromatic nitrogens is 4. The van der Waals surface area contributed by atoms with E-state index in [0.717, 1.165) is 12.1 Å². The molecule has 0 spiro atoms. The Kier molecular flexibility index (Phi) is 6.12. The van der Waals surface area contributed by atoms with Crippen molar-refractivity contribution in [2.45, 2.75) is 40.3 Å². The van der Waals surface area contributed by atoms with Crippen LogP contribution in [0.3, 0.4) is 0 Å². The minimum absolute atomic E-state index is 0. The standard InChI is InChI=1S/C17H19F2N7O.CH4/c1-8(2)22-16-21-7-12-15(25-16)26(9(3)14(20)27)17(23-12)24-13-10(18)5-4-6-11(13)19;/h4-9H,1-3H3,(H2,20,27)(H,23,24)(H,21,22,25);1H4/t9-;/m0./s1. The molecule has 0 saturated heterocycles. The summed E-state index contributed by atoms with van der Waals surface area (Å²) >= 11 is 0. The average Bonchev–Trinajstić information content (AvgIpc) is 2.94. The Morgan fingerprint density at radius 1 is 1.18 bits per heavy atom. The second-order valence-corrected chi connectivity index (χ2v) is 6.31. The summed E-state index contributed by atoms with van der Waals surface area (Å²) in [5.74, 6) is -1.89. The fraction of sp³-hybridized carbons (Fsp3) is 0.333. The summed E-state index contributed by atoms with van der Waals surface area (Å²) in [6.07, 6.45) is 1.46. The number of fused-ring (bicyclic) bond motifs is 1. The van der Waals surface area contributed by atoms with Gasteiger partial charge in [-0.15, -0.1) is 0 Å². The van der Waals surface area contributed by atoms with Crippen molar-refractivity contribution in [2.24, 2.45) is 5.73 Å². The number of rotatable bonds is 6. The smallest absolute Gasteiger partial charge is 0.240 e. The maximum absolute atomic E-state index is 14.0. The quantitative estimate of drug-likeness (QED) is 0.594. The highest BCUT2D eigenvalue weighted by molar-refractivity contribution is 5.83. The van der Waals surface area contributed by atoms with Gasteiger partial charge in [0.15, 0.2) is 5.65 Å². The number of anilines is 3. The molecular weight excluding hydrogens is 368 g/mol. The molecule has 3 rings (SSSR count). The largest absolute Gasteiger partial charge is 0.368 e. The molecule has 0 unspecified atom stereocenters. The van der Waals surface area contributed by atoms with E-state index < -0.39 is 23.6 Å². The molecule has 2 heterocycles. The van der Waals surface area contributed by atoms with Gasteiger partial charge in [-0.2, -0.15) is 4.98 Å². The molecule has 4 N–H and O–H groups in total. The lowest BCUT2D eigenvalue weighted by molar-refractivity contribution is -0.120. The molecule has 0 saturated carbocycles. The lowest BCUT2D eigenvalue weighted by atomic mass is 10.3. The molecule has 150 valence electrons. The molecule has 8 nitrogen and oxygen atoms in total. The molecule has 1 aromatic carbocycles. The van der Waals surface area contributed by atoms with Crippen molar-refractivity contribution < 1.29 is 13.6 Å². The molecule has 10 heteroatoms. The molecule has 2 aromatic heterocycles. The maximum atomic E-state index is 14.0. The first-order valence-electron chi connectivity index (χ1n) is 8.29.